The zero-order valence-electron chi connectivity index (χ0n) is 17.5. The Morgan fingerprint density at radius 3 is 2.19 bits per heavy atom. The SMILES string of the molecule is O=C(CNC(=O)C1CC1(c1ccccc1)c1ccccc1)NCc1ccc2c(c1)OCO2. The summed E-state index contributed by atoms with van der Waals surface area (Å²) in [6, 6.07) is 25.8. The minimum atomic E-state index is -0.338. The Labute approximate surface area is 186 Å². The van der Waals surface area contributed by atoms with Crippen LogP contribution in [0.3, 0.4) is 0 Å². The standard InChI is InChI=1S/C26H24N2O4/c29-24(27-15-18-11-12-22-23(13-18)32-17-31-22)16-28-25(30)21-14-26(21,19-7-3-1-4-8-19)20-9-5-2-6-10-20/h1-13,21H,14-17H2,(H,27,29)(H,28,30). The van der Waals surface area contributed by atoms with Crippen LogP contribution in [0.5, 0.6) is 11.5 Å². The average Bonchev–Trinajstić information content (AvgIpc) is 3.44. The molecule has 3 aromatic carbocycles. The predicted octanol–water partition coefficient (Wildman–Crippen LogP) is 3.15. The van der Waals surface area contributed by atoms with E-state index < -0.39 is 0 Å². The molecule has 162 valence electrons. The lowest BCUT2D eigenvalue weighted by molar-refractivity contribution is -0.127. The van der Waals surface area contributed by atoms with Crippen LogP contribution < -0.4 is 20.1 Å². The number of hydrogen-bond acceptors (Lipinski definition) is 4. The highest BCUT2D eigenvalue weighted by molar-refractivity contribution is 5.89. The van der Waals surface area contributed by atoms with Gasteiger partial charge in [-0.05, 0) is 35.2 Å². The van der Waals surface area contributed by atoms with E-state index in [4.69, 9.17) is 9.47 Å². The number of hydrogen-bond donors (Lipinski definition) is 2. The first-order valence-corrected chi connectivity index (χ1v) is 10.7. The Hall–Kier alpha value is -3.80. The lowest BCUT2D eigenvalue weighted by Gasteiger charge is -2.19. The largest absolute Gasteiger partial charge is 0.454 e. The van der Waals surface area contributed by atoms with Crippen molar-refractivity contribution < 1.29 is 19.1 Å². The molecule has 0 bridgehead atoms. The molecule has 0 saturated heterocycles. The van der Waals surface area contributed by atoms with Gasteiger partial charge in [-0.3, -0.25) is 9.59 Å². The van der Waals surface area contributed by atoms with Crippen LogP contribution in [0, 0.1) is 5.92 Å². The number of carbonyl (C=O) groups excluding carboxylic acids is 2. The Morgan fingerprint density at radius 1 is 0.844 bits per heavy atom. The van der Waals surface area contributed by atoms with E-state index in [9.17, 15) is 9.59 Å². The second-order valence-electron chi connectivity index (χ2n) is 8.14. The number of nitrogens with one attached hydrogen (secondary N) is 2. The van der Waals surface area contributed by atoms with Gasteiger partial charge in [-0.25, -0.2) is 0 Å². The van der Waals surface area contributed by atoms with Gasteiger partial charge in [0.2, 0.25) is 18.6 Å². The third-order valence-electron chi connectivity index (χ3n) is 6.20. The zero-order valence-corrected chi connectivity index (χ0v) is 17.5. The highest BCUT2D eigenvalue weighted by Gasteiger charge is 2.60. The van der Waals surface area contributed by atoms with Gasteiger partial charge in [-0.2, -0.15) is 0 Å². The molecule has 0 aromatic heterocycles. The van der Waals surface area contributed by atoms with E-state index in [2.05, 4.69) is 34.9 Å². The smallest absolute Gasteiger partial charge is 0.239 e. The van der Waals surface area contributed by atoms with Crippen molar-refractivity contribution in [2.45, 2.75) is 18.4 Å². The molecule has 3 aromatic rings. The summed E-state index contributed by atoms with van der Waals surface area (Å²) in [7, 11) is 0. The fourth-order valence-corrected chi connectivity index (χ4v) is 4.46. The van der Waals surface area contributed by atoms with E-state index in [1.807, 2.05) is 54.6 Å². The van der Waals surface area contributed by atoms with Gasteiger partial charge in [0.15, 0.2) is 11.5 Å². The average molecular weight is 428 g/mol. The summed E-state index contributed by atoms with van der Waals surface area (Å²) in [4.78, 5) is 25.3. The highest BCUT2D eigenvalue weighted by atomic mass is 16.7. The molecule has 2 N–H and O–H groups in total. The van der Waals surface area contributed by atoms with Crippen molar-refractivity contribution in [3.05, 3.63) is 95.6 Å². The Bertz CT molecular complexity index is 1090. The molecule has 32 heavy (non-hydrogen) atoms. The topological polar surface area (TPSA) is 76.7 Å². The van der Waals surface area contributed by atoms with Gasteiger partial charge < -0.3 is 20.1 Å². The number of amides is 2. The van der Waals surface area contributed by atoms with Crippen LogP contribution in [-0.4, -0.2) is 25.2 Å². The van der Waals surface area contributed by atoms with Crippen molar-refractivity contribution in [2.75, 3.05) is 13.3 Å². The van der Waals surface area contributed by atoms with Crippen LogP contribution in [0.25, 0.3) is 0 Å². The third kappa shape index (κ3) is 3.80. The van der Waals surface area contributed by atoms with Crippen LogP contribution in [0.2, 0.25) is 0 Å². The second kappa shape index (κ2) is 8.38. The first-order valence-electron chi connectivity index (χ1n) is 10.7. The maximum Gasteiger partial charge on any atom is 0.239 e. The van der Waals surface area contributed by atoms with Gasteiger partial charge in [0.05, 0.1) is 12.5 Å². The Morgan fingerprint density at radius 2 is 1.50 bits per heavy atom. The predicted molar refractivity (Wildman–Crippen MR) is 119 cm³/mol. The highest BCUT2D eigenvalue weighted by Crippen LogP contribution is 2.58. The minimum Gasteiger partial charge on any atom is -0.454 e. The van der Waals surface area contributed by atoms with E-state index in [1.165, 1.54) is 0 Å². The molecule has 1 aliphatic heterocycles. The summed E-state index contributed by atoms with van der Waals surface area (Å²) < 4.78 is 10.7. The summed E-state index contributed by atoms with van der Waals surface area (Å²) in [5.41, 5.74) is 2.82. The van der Waals surface area contributed by atoms with E-state index in [-0.39, 0.29) is 36.5 Å². The molecule has 1 atom stereocenters. The summed E-state index contributed by atoms with van der Waals surface area (Å²) >= 11 is 0. The molecule has 1 fully saturated rings. The molecule has 2 aliphatic rings. The normalized spacial score (nSPS) is 17.4. The monoisotopic (exact) mass is 428 g/mol. The first kappa shape index (κ1) is 20.1. The molecule has 1 unspecified atom stereocenters. The van der Waals surface area contributed by atoms with E-state index >= 15 is 0 Å². The van der Waals surface area contributed by atoms with Crippen LogP contribution in [0.15, 0.2) is 78.9 Å². The first-order chi connectivity index (χ1) is 15.7. The number of benzene rings is 3. The van der Waals surface area contributed by atoms with Crippen molar-refractivity contribution in [2.24, 2.45) is 5.92 Å². The lowest BCUT2D eigenvalue weighted by Crippen LogP contribution is -2.38. The summed E-state index contributed by atoms with van der Waals surface area (Å²) in [6.07, 6.45) is 0.728. The molecule has 0 spiro atoms. The quantitative estimate of drug-likeness (QED) is 0.606. The number of rotatable bonds is 7. The van der Waals surface area contributed by atoms with Crippen molar-refractivity contribution in [1.82, 2.24) is 10.6 Å². The molecular weight excluding hydrogens is 404 g/mol. The minimum absolute atomic E-state index is 0.0560. The number of carbonyl (C=O) groups is 2. The molecular formula is C26H24N2O4. The van der Waals surface area contributed by atoms with Crippen molar-refractivity contribution >= 4 is 11.8 Å². The molecule has 6 nitrogen and oxygen atoms in total. The Kier molecular flexibility index (Phi) is 5.27. The van der Waals surface area contributed by atoms with E-state index in [0.29, 0.717) is 18.0 Å². The van der Waals surface area contributed by atoms with Crippen LogP contribution in [0.1, 0.15) is 23.1 Å². The third-order valence-corrected chi connectivity index (χ3v) is 6.20. The number of fused-ring (bicyclic) bond motifs is 1. The zero-order chi connectivity index (χ0) is 22.0. The van der Waals surface area contributed by atoms with Gasteiger partial charge in [-0.15, -0.1) is 0 Å². The Balaban J connectivity index is 1.19. The summed E-state index contributed by atoms with van der Waals surface area (Å²) in [6.45, 7) is 0.512. The molecule has 5 rings (SSSR count). The van der Waals surface area contributed by atoms with Crippen LogP contribution in [-0.2, 0) is 21.5 Å². The van der Waals surface area contributed by atoms with Crippen molar-refractivity contribution in [3.8, 4) is 11.5 Å². The van der Waals surface area contributed by atoms with Gasteiger partial charge in [0, 0.05) is 12.0 Å². The maximum absolute atomic E-state index is 13.0. The van der Waals surface area contributed by atoms with Gasteiger partial charge in [0.25, 0.3) is 0 Å². The molecule has 1 heterocycles. The molecule has 1 aliphatic carbocycles. The summed E-state index contributed by atoms with van der Waals surface area (Å²) in [5, 5.41) is 5.66. The maximum atomic E-state index is 13.0. The molecule has 6 heteroatoms. The fourth-order valence-electron chi connectivity index (χ4n) is 4.46. The van der Waals surface area contributed by atoms with Crippen molar-refractivity contribution in [3.63, 3.8) is 0 Å². The summed E-state index contributed by atoms with van der Waals surface area (Å²) in [5.74, 6) is 0.848. The molecule has 1 saturated carbocycles. The van der Waals surface area contributed by atoms with Gasteiger partial charge in [-0.1, -0.05) is 66.7 Å². The van der Waals surface area contributed by atoms with Gasteiger partial charge in [0.1, 0.15) is 0 Å². The van der Waals surface area contributed by atoms with Crippen LogP contribution >= 0.6 is 0 Å². The molecule has 0 radical (unpaired) electrons. The molecule has 2 amide bonds. The van der Waals surface area contributed by atoms with Gasteiger partial charge >= 0.3 is 0 Å². The lowest BCUT2D eigenvalue weighted by atomic mass is 9.85. The number of ether oxygens (including phenoxy) is 2. The van der Waals surface area contributed by atoms with E-state index in [0.717, 1.165) is 23.1 Å². The van der Waals surface area contributed by atoms with Crippen molar-refractivity contribution in [1.29, 1.82) is 0 Å². The fraction of sp³-hybridized carbons (Fsp3) is 0.231. The van der Waals surface area contributed by atoms with Crippen LogP contribution in [0.4, 0.5) is 0 Å². The second-order valence-corrected chi connectivity index (χ2v) is 8.14. The van der Waals surface area contributed by atoms with E-state index in [1.54, 1.807) is 0 Å².